The van der Waals surface area contributed by atoms with Crippen LogP contribution in [0.25, 0.3) is 0 Å². The fourth-order valence-corrected chi connectivity index (χ4v) is 4.93. The monoisotopic (exact) mass is 349 g/mol. The van der Waals surface area contributed by atoms with Crippen molar-refractivity contribution >= 4 is 29.0 Å². The van der Waals surface area contributed by atoms with Gasteiger partial charge in [0.15, 0.2) is 0 Å². The summed E-state index contributed by atoms with van der Waals surface area (Å²) in [6.07, 6.45) is 4.20. The van der Waals surface area contributed by atoms with Gasteiger partial charge in [0.1, 0.15) is 0 Å². The molecular weight excluding hydrogens is 330 g/mol. The lowest BCUT2D eigenvalue weighted by atomic mass is 9.98. The summed E-state index contributed by atoms with van der Waals surface area (Å²) in [5.41, 5.74) is 1.34. The van der Waals surface area contributed by atoms with Crippen LogP contribution in [0.5, 0.6) is 0 Å². The average molecular weight is 349 g/mol. The third-order valence-electron chi connectivity index (χ3n) is 4.48. The molecule has 122 valence electrons. The van der Waals surface area contributed by atoms with Crippen LogP contribution < -0.4 is 0 Å². The third kappa shape index (κ3) is 2.89. The lowest BCUT2D eigenvalue weighted by molar-refractivity contribution is -0.131. The fraction of sp³-hybridized carbons (Fsp3) is 0.600. The highest BCUT2D eigenvalue weighted by molar-refractivity contribution is 7.99. The normalized spacial score (nSPS) is 20.6. The van der Waals surface area contributed by atoms with Crippen molar-refractivity contribution in [3.8, 4) is 0 Å². The average Bonchev–Trinajstić information content (AvgIpc) is 3.11. The molecule has 2 aromatic rings. The van der Waals surface area contributed by atoms with Gasteiger partial charge in [-0.05, 0) is 53.1 Å². The second kappa shape index (κ2) is 6.24. The summed E-state index contributed by atoms with van der Waals surface area (Å²) in [5, 5.41) is 14.7. The van der Waals surface area contributed by atoms with E-state index in [9.17, 15) is 4.79 Å². The molecule has 1 saturated carbocycles. The maximum absolute atomic E-state index is 12.7. The highest BCUT2D eigenvalue weighted by Gasteiger charge is 2.31. The van der Waals surface area contributed by atoms with E-state index in [2.05, 4.69) is 33.9 Å². The number of fused-ring (bicyclic) bond motifs is 1. The summed E-state index contributed by atoms with van der Waals surface area (Å²) in [6.45, 7) is 2.97. The molecule has 0 N–H and O–H groups in total. The molecule has 2 aromatic heterocycles. The molecule has 0 saturated heterocycles. The van der Waals surface area contributed by atoms with Crippen LogP contribution in [-0.2, 0) is 11.2 Å². The number of aromatic nitrogens is 4. The van der Waals surface area contributed by atoms with Gasteiger partial charge in [-0.2, -0.15) is 0 Å². The lowest BCUT2D eigenvalue weighted by Crippen LogP contribution is -2.40. The largest absolute Gasteiger partial charge is 0.335 e. The Morgan fingerprint density at radius 1 is 1.48 bits per heavy atom. The van der Waals surface area contributed by atoms with Crippen LogP contribution in [0.1, 0.15) is 48.7 Å². The van der Waals surface area contributed by atoms with Gasteiger partial charge in [0.25, 0.3) is 0 Å². The van der Waals surface area contributed by atoms with Gasteiger partial charge in [0.05, 0.1) is 17.8 Å². The molecule has 1 aliphatic heterocycles. The van der Waals surface area contributed by atoms with Gasteiger partial charge in [-0.15, -0.1) is 16.4 Å². The molecule has 1 fully saturated rings. The zero-order valence-electron chi connectivity index (χ0n) is 13.0. The van der Waals surface area contributed by atoms with Crippen molar-refractivity contribution < 1.29 is 4.79 Å². The van der Waals surface area contributed by atoms with Crippen LogP contribution in [0.3, 0.4) is 0 Å². The third-order valence-corrected chi connectivity index (χ3v) is 6.40. The predicted octanol–water partition coefficient (Wildman–Crippen LogP) is 2.70. The van der Waals surface area contributed by atoms with E-state index in [1.54, 1.807) is 0 Å². The highest BCUT2D eigenvalue weighted by Crippen LogP contribution is 2.37. The Morgan fingerprint density at radius 2 is 2.35 bits per heavy atom. The van der Waals surface area contributed by atoms with Crippen LogP contribution in [-0.4, -0.2) is 43.3 Å². The number of carbonyl (C=O) groups excluding carboxylic acids is 1. The Morgan fingerprint density at radius 3 is 3.13 bits per heavy atom. The number of nitrogens with zero attached hydrogens (tertiary/aromatic N) is 5. The van der Waals surface area contributed by atoms with Crippen molar-refractivity contribution in [2.24, 2.45) is 0 Å². The first-order chi connectivity index (χ1) is 11.3. The van der Waals surface area contributed by atoms with Gasteiger partial charge >= 0.3 is 0 Å². The molecule has 8 heteroatoms. The van der Waals surface area contributed by atoms with E-state index in [4.69, 9.17) is 0 Å². The molecule has 6 nitrogen and oxygen atoms in total. The van der Waals surface area contributed by atoms with E-state index in [0.29, 0.717) is 11.8 Å². The van der Waals surface area contributed by atoms with Gasteiger partial charge in [-0.3, -0.25) is 4.79 Å². The van der Waals surface area contributed by atoms with E-state index in [-0.39, 0.29) is 11.9 Å². The molecule has 1 atom stereocenters. The molecule has 1 unspecified atom stereocenters. The van der Waals surface area contributed by atoms with Crippen molar-refractivity contribution in [2.45, 2.75) is 49.8 Å². The number of tetrazole rings is 1. The Bertz CT molecular complexity index is 708. The van der Waals surface area contributed by atoms with Crippen molar-refractivity contribution in [3.05, 3.63) is 21.9 Å². The zero-order chi connectivity index (χ0) is 15.8. The van der Waals surface area contributed by atoms with Crippen molar-refractivity contribution in [2.75, 3.05) is 12.3 Å². The topological polar surface area (TPSA) is 63.9 Å². The predicted molar refractivity (Wildman–Crippen MR) is 89.6 cm³/mol. The zero-order valence-corrected chi connectivity index (χ0v) is 14.6. The van der Waals surface area contributed by atoms with Crippen LogP contribution in [0.2, 0.25) is 0 Å². The van der Waals surface area contributed by atoms with Crippen molar-refractivity contribution in [3.63, 3.8) is 0 Å². The van der Waals surface area contributed by atoms with Crippen LogP contribution in [0, 0.1) is 0 Å². The minimum atomic E-state index is 0.184. The van der Waals surface area contributed by atoms with E-state index in [1.165, 1.54) is 22.2 Å². The van der Waals surface area contributed by atoms with Crippen LogP contribution in [0.15, 0.2) is 16.6 Å². The number of hydrogen-bond acceptors (Lipinski definition) is 6. The van der Waals surface area contributed by atoms with Crippen LogP contribution in [0.4, 0.5) is 0 Å². The van der Waals surface area contributed by atoms with Crippen molar-refractivity contribution in [1.82, 2.24) is 25.1 Å². The van der Waals surface area contributed by atoms with Gasteiger partial charge < -0.3 is 4.90 Å². The molecular formula is C15H19N5OS2. The van der Waals surface area contributed by atoms with Gasteiger partial charge in [0, 0.05) is 11.4 Å². The minimum Gasteiger partial charge on any atom is -0.335 e. The summed E-state index contributed by atoms with van der Waals surface area (Å²) in [6, 6.07) is 2.83. The molecule has 0 radical (unpaired) electrons. The highest BCUT2D eigenvalue weighted by atomic mass is 32.2. The summed E-state index contributed by atoms with van der Waals surface area (Å²) in [4.78, 5) is 16.2. The number of amides is 1. The smallest absolute Gasteiger partial charge is 0.233 e. The molecule has 0 bridgehead atoms. The molecule has 3 heterocycles. The second-order valence-electron chi connectivity index (χ2n) is 5.99. The summed E-state index contributed by atoms with van der Waals surface area (Å²) < 4.78 is 1.86. The number of thiophene rings is 1. The molecule has 2 aliphatic rings. The van der Waals surface area contributed by atoms with Crippen LogP contribution >= 0.6 is 23.1 Å². The van der Waals surface area contributed by atoms with Gasteiger partial charge in [-0.25, -0.2) is 4.68 Å². The first-order valence-electron chi connectivity index (χ1n) is 8.04. The van der Waals surface area contributed by atoms with E-state index < -0.39 is 0 Å². The number of carbonyl (C=O) groups is 1. The summed E-state index contributed by atoms with van der Waals surface area (Å²) in [5.74, 6) is 0.590. The molecule has 0 spiro atoms. The number of thioether (sulfide) groups is 1. The summed E-state index contributed by atoms with van der Waals surface area (Å²) in [7, 11) is 0. The second-order valence-corrected chi connectivity index (χ2v) is 7.93. The Kier molecular flexibility index (Phi) is 4.11. The molecule has 4 rings (SSSR count). The molecule has 0 aromatic carbocycles. The van der Waals surface area contributed by atoms with E-state index >= 15 is 0 Å². The minimum absolute atomic E-state index is 0.184. The van der Waals surface area contributed by atoms with Crippen molar-refractivity contribution in [1.29, 1.82) is 0 Å². The maximum atomic E-state index is 12.7. The maximum Gasteiger partial charge on any atom is 0.233 e. The first-order valence-corrected chi connectivity index (χ1v) is 9.91. The Balaban J connectivity index is 1.43. The molecule has 1 amide bonds. The summed E-state index contributed by atoms with van der Waals surface area (Å²) >= 11 is 3.27. The number of hydrogen-bond donors (Lipinski definition) is 0. The van der Waals surface area contributed by atoms with E-state index in [0.717, 1.165) is 37.4 Å². The Labute approximate surface area is 143 Å². The van der Waals surface area contributed by atoms with E-state index in [1.807, 2.05) is 20.9 Å². The van der Waals surface area contributed by atoms with Gasteiger partial charge in [-0.1, -0.05) is 18.7 Å². The fourth-order valence-electron chi connectivity index (χ4n) is 3.17. The quantitative estimate of drug-likeness (QED) is 0.777. The number of rotatable bonds is 5. The Hall–Kier alpha value is -1.41. The lowest BCUT2D eigenvalue weighted by Gasteiger charge is -2.35. The molecule has 1 aliphatic carbocycles. The molecule has 23 heavy (non-hydrogen) atoms. The first kappa shape index (κ1) is 15.1. The van der Waals surface area contributed by atoms with Gasteiger partial charge in [0.2, 0.25) is 11.1 Å². The standard InChI is InChI=1S/C15H19N5OS2/c1-2-12-11-6-8-22-13(11)5-7-19(12)14(21)9-23-15-16-17-18-20(15)10-3-4-10/h6,8,10,12H,2-5,7,9H2,1H3. The SMILES string of the molecule is CCC1c2ccsc2CCN1C(=O)CSc1nnnn1C1CC1.